The second kappa shape index (κ2) is 11.5. The van der Waals surface area contributed by atoms with Gasteiger partial charge in [-0.1, -0.05) is 68.3 Å². The van der Waals surface area contributed by atoms with Crippen LogP contribution in [0.4, 0.5) is 4.79 Å². The SMILES string of the molecule is CCCC[C@@H](CC(=O)O)NC(=O)C[C@H](C)NC(=O)OCC1c2ccccc2-c2ccccc21. The molecule has 3 rings (SSSR count). The molecule has 0 bridgehead atoms. The molecule has 0 aliphatic heterocycles. The van der Waals surface area contributed by atoms with Crippen molar-refractivity contribution in [3.8, 4) is 11.1 Å². The van der Waals surface area contributed by atoms with Crippen molar-refractivity contribution in [1.29, 1.82) is 0 Å². The summed E-state index contributed by atoms with van der Waals surface area (Å²) in [5.41, 5.74) is 4.59. The second-order valence-corrected chi connectivity index (χ2v) is 8.58. The number of nitrogens with one attached hydrogen (secondary N) is 2. The molecular weight excluding hydrogens is 420 g/mol. The predicted octanol–water partition coefficient (Wildman–Crippen LogP) is 4.45. The van der Waals surface area contributed by atoms with E-state index in [1.165, 1.54) is 0 Å². The molecule has 7 heteroatoms. The number of ether oxygens (including phenoxy) is 1. The Kier molecular flexibility index (Phi) is 8.46. The highest BCUT2D eigenvalue weighted by Crippen LogP contribution is 2.44. The number of unbranched alkanes of at least 4 members (excludes halogenated alkanes) is 1. The smallest absolute Gasteiger partial charge is 0.407 e. The van der Waals surface area contributed by atoms with Crippen LogP contribution in [0, 0.1) is 0 Å². The number of fused-ring (bicyclic) bond motifs is 3. The van der Waals surface area contributed by atoms with Crippen LogP contribution in [0.15, 0.2) is 48.5 Å². The van der Waals surface area contributed by atoms with Gasteiger partial charge in [0.05, 0.1) is 6.42 Å². The largest absolute Gasteiger partial charge is 0.481 e. The molecule has 0 radical (unpaired) electrons. The van der Waals surface area contributed by atoms with E-state index in [2.05, 4.69) is 34.9 Å². The van der Waals surface area contributed by atoms with Gasteiger partial charge in [-0.15, -0.1) is 0 Å². The van der Waals surface area contributed by atoms with E-state index in [-0.39, 0.29) is 31.3 Å². The van der Waals surface area contributed by atoms with Crippen LogP contribution >= 0.6 is 0 Å². The number of benzene rings is 2. The number of carbonyl (C=O) groups is 3. The van der Waals surface area contributed by atoms with Gasteiger partial charge in [0.1, 0.15) is 6.61 Å². The van der Waals surface area contributed by atoms with Crippen molar-refractivity contribution < 1.29 is 24.2 Å². The van der Waals surface area contributed by atoms with Crippen LogP contribution in [-0.2, 0) is 14.3 Å². The molecule has 0 fully saturated rings. The monoisotopic (exact) mass is 452 g/mol. The molecule has 176 valence electrons. The van der Waals surface area contributed by atoms with Gasteiger partial charge in [0.2, 0.25) is 5.91 Å². The van der Waals surface area contributed by atoms with Gasteiger partial charge in [-0.2, -0.15) is 0 Å². The lowest BCUT2D eigenvalue weighted by molar-refractivity contribution is -0.137. The Morgan fingerprint density at radius 2 is 1.58 bits per heavy atom. The summed E-state index contributed by atoms with van der Waals surface area (Å²) in [4.78, 5) is 35.7. The second-order valence-electron chi connectivity index (χ2n) is 8.58. The summed E-state index contributed by atoms with van der Waals surface area (Å²) >= 11 is 0. The number of carboxylic acid groups (broad SMARTS) is 1. The predicted molar refractivity (Wildman–Crippen MR) is 126 cm³/mol. The van der Waals surface area contributed by atoms with Crippen molar-refractivity contribution in [3.63, 3.8) is 0 Å². The summed E-state index contributed by atoms with van der Waals surface area (Å²) in [7, 11) is 0. The fourth-order valence-electron chi connectivity index (χ4n) is 4.34. The normalized spacial score (nSPS) is 14.0. The number of rotatable bonds is 11. The summed E-state index contributed by atoms with van der Waals surface area (Å²) in [6.07, 6.45) is 1.73. The van der Waals surface area contributed by atoms with Crippen LogP contribution in [0.5, 0.6) is 0 Å². The number of aliphatic carboxylic acids is 1. The molecule has 0 saturated heterocycles. The minimum atomic E-state index is -0.943. The van der Waals surface area contributed by atoms with Crippen LogP contribution in [0.2, 0.25) is 0 Å². The van der Waals surface area contributed by atoms with Gasteiger partial charge in [-0.25, -0.2) is 4.79 Å². The summed E-state index contributed by atoms with van der Waals surface area (Å²) in [5, 5.41) is 14.5. The highest BCUT2D eigenvalue weighted by Gasteiger charge is 2.29. The Labute approximate surface area is 194 Å². The Balaban J connectivity index is 1.50. The first-order valence-electron chi connectivity index (χ1n) is 11.5. The minimum Gasteiger partial charge on any atom is -0.481 e. The topological polar surface area (TPSA) is 105 Å². The molecule has 2 atom stereocenters. The number of carboxylic acids is 1. The first-order valence-corrected chi connectivity index (χ1v) is 11.5. The Hall–Kier alpha value is -3.35. The average molecular weight is 453 g/mol. The van der Waals surface area contributed by atoms with Gasteiger partial charge >= 0.3 is 12.1 Å². The minimum absolute atomic E-state index is 0.0305. The fourth-order valence-corrected chi connectivity index (χ4v) is 4.34. The molecule has 0 aromatic heterocycles. The van der Waals surface area contributed by atoms with Crippen molar-refractivity contribution in [2.24, 2.45) is 0 Å². The quantitative estimate of drug-likeness (QED) is 0.467. The maximum Gasteiger partial charge on any atom is 0.407 e. The van der Waals surface area contributed by atoms with E-state index in [4.69, 9.17) is 9.84 Å². The third kappa shape index (κ3) is 6.57. The number of alkyl carbamates (subject to hydrolysis) is 1. The van der Waals surface area contributed by atoms with Gasteiger partial charge in [0.25, 0.3) is 0 Å². The standard InChI is InChI=1S/C26H32N2O5/c1-3-4-9-18(15-25(30)31)28-24(29)14-17(2)27-26(32)33-16-23-21-12-7-5-10-19(21)20-11-6-8-13-22(20)23/h5-8,10-13,17-18,23H,3-4,9,14-16H2,1-2H3,(H,27,32)(H,28,29)(H,30,31)/t17-,18-/m0/s1. The molecule has 3 N–H and O–H groups in total. The first kappa shape index (κ1) is 24.3. The van der Waals surface area contributed by atoms with Crippen molar-refractivity contribution in [2.75, 3.05) is 6.61 Å². The maximum atomic E-state index is 12.4. The van der Waals surface area contributed by atoms with Crippen molar-refractivity contribution in [3.05, 3.63) is 59.7 Å². The Bertz CT molecular complexity index is 945. The van der Waals surface area contributed by atoms with E-state index >= 15 is 0 Å². The van der Waals surface area contributed by atoms with E-state index in [1.54, 1.807) is 6.92 Å². The average Bonchev–Trinajstić information content (AvgIpc) is 3.09. The molecule has 1 aliphatic carbocycles. The molecule has 0 unspecified atom stereocenters. The van der Waals surface area contributed by atoms with E-state index in [0.717, 1.165) is 35.1 Å². The lowest BCUT2D eigenvalue weighted by Crippen LogP contribution is -2.41. The third-order valence-corrected chi connectivity index (χ3v) is 5.89. The zero-order valence-corrected chi connectivity index (χ0v) is 19.2. The summed E-state index contributed by atoms with van der Waals surface area (Å²) < 4.78 is 5.52. The van der Waals surface area contributed by atoms with E-state index in [0.29, 0.717) is 6.42 Å². The van der Waals surface area contributed by atoms with Crippen LogP contribution in [0.1, 0.15) is 63.0 Å². The van der Waals surface area contributed by atoms with Crippen LogP contribution in [0.3, 0.4) is 0 Å². The lowest BCUT2D eigenvalue weighted by Gasteiger charge is -2.19. The number of carbonyl (C=O) groups excluding carboxylic acids is 2. The van der Waals surface area contributed by atoms with Gasteiger partial charge in [-0.3, -0.25) is 9.59 Å². The lowest BCUT2D eigenvalue weighted by atomic mass is 9.98. The van der Waals surface area contributed by atoms with Crippen molar-refractivity contribution in [2.45, 2.75) is 64.0 Å². The molecule has 2 aromatic carbocycles. The molecular formula is C26H32N2O5. The number of amides is 2. The zero-order valence-electron chi connectivity index (χ0n) is 19.2. The highest BCUT2D eigenvalue weighted by atomic mass is 16.5. The van der Waals surface area contributed by atoms with Crippen molar-refractivity contribution >= 4 is 18.0 Å². The zero-order chi connectivity index (χ0) is 23.8. The summed E-state index contributed by atoms with van der Waals surface area (Å²) in [6.45, 7) is 3.94. The van der Waals surface area contributed by atoms with Gasteiger partial charge in [0.15, 0.2) is 0 Å². The Morgan fingerprint density at radius 1 is 0.970 bits per heavy atom. The summed E-state index contributed by atoms with van der Waals surface area (Å²) in [5.74, 6) is -1.26. The van der Waals surface area contributed by atoms with Crippen LogP contribution in [0.25, 0.3) is 11.1 Å². The fraction of sp³-hybridized carbons (Fsp3) is 0.423. The highest BCUT2D eigenvalue weighted by molar-refractivity contribution is 5.80. The molecule has 0 heterocycles. The number of hydrogen-bond acceptors (Lipinski definition) is 4. The van der Waals surface area contributed by atoms with Crippen LogP contribution < -0.4 is 10.6 Å². The molecule has 2 amide bonds. The van der Waals surface area contributed by atoms with Crippen molar-refractivity contribution in [1.82, 2.24) is 10.6 Å². The maximum absolute atomic E-state index is 12.4. The molecule has 0 spiro atoms. The molecule has 33 heavy (non-hydrogen) atoms. The van der Waals surface area contributed by atoms with Crippen LogP contribution in [-0.4, -0.2) is 41.8 Å². The van der Waals surface area contributed by atoms with Gasteiger partial charge in [-0.05, 0) is 35.6 Å². The number of hydrogen-bond donors (Lipinski definition) is 3. The van der Waals surface area contributed by atoms with Gasteiger partial charge < -0.3 is 20.5 Å². The summed E-state index contributed by atoms with van der Waals surface area (Å²) in [6, 6.07) is 15.4. The third-order valence-electron chi connectivity index (χ3n) is 5.89. The molecule has 2 aromatic rings. The van der Waals surface area contributed by atoms with E-state index in [9.17, 15) is 14.4 Å². The van der Waals surface area contributed by atoms with Gasteiger partial charge in [0, 0.05) is 24.4 Å². The Morgan fingerprint density at radius 3 is 2.15 bits per heavy atom. The molecule has 1 aliphatic rings. The first-order chi connectivity index (χ1) is 15.9. The van der Waals surface area contributed by atoms with E-state index < -0.39 is 24.1 Å². The van der Waals surface area contributed by atoms with E-state index in [1.807, 2.05) is 31.2 Å². The molecule has 7 nitrogen and oxygen atoms in total. The molecule has 0 saturated carbocycles.